The summed E-state index contributed by atoms with van der Waals surface area (Å²) in [4.78, 5) is 10.8. The zero-order valence-electron chi connectivity index (χ0n) is 9.91. The number of benzene rings is 2. The Morgan fingerprint density at radius 2 is 1.61 bits per heavy atom. The Hall–Kier alpha value is -2.42. The summed E-state index contributed by atoms with van der Waals surface area (Å²) in [6, 6.07) is 17.4. The lowest BCUT2D eigenvalue weighted by atomic mass is 10.1. The molecule has 0 saturated carbocycles. The molecule has 0 aliphatic rings. The van der Waals surface area contributed by atoms with Gasteiger partial charge in [0.05, 0.1) is 12.8 Å². The standard InChI is InChI=1S/C15H14N2O/c18-12-15-9-5-4-8-14(15)11-17-16-10-13-6-2-1-3-7-13/h1-9,11-12,16H,10H2/b17-11+. The highest BCUT2D eigenvalue weighted by Crippen LogP contribution is 2.02. The molecule has 0 aromatic heterocycles. The zero-order chi connectivity index (χ0) is 12.6. The van der Waals surface area contributed by atoms with Gasteiger partial charge >= 0.3 is 0 Å². The van der Waals surface area contributed by atoms with E-state index in [1.165, 1.54) is 5.56 Å². The van der Waals surface area contributed by atoms with E-state index in [0.29, 0.717) is 12.1 Å². The predicted molar refractivity (Wildman–Crippen MR) is 72.7 cm³/mol. The van der Waals surface area contributed by atoms with Crippen molar-refractivity contribution in [3.8, 4) is 0 Å². The van der Waals surface area contributed by atoms with Crippen LogP contribution in [0.1, 0.15) is 21.5 Å². The van der Waals surface area contributed by atoms with Crippen molar-refractivity contribution in [2.24, 2.45) is 5.10 Å². The SMILES string of the molecule is O=Cc1ccccc1/C=N/NCc1ccccc1. The van der Waals surface area contributed by atoms with Crippen LogP contribution in [0.15, 0.2) is 59.7 Å². The highest BCUT2D eigenvalue weighted by molar-refractivity contribution is 5.92. The smallest absolute Gasteiger partial charge is 0.150 e. The molecule has 0 amide bonds. The number of hydrogen-bond donors (Lipinski definition) is 1. The van der Waals surface area contributed by atoms with Crippen molar-refractivity contribution >= 4 is 12.5 Å². The molecule has 90 valence electrons. The monoisotopic (exact) mass is 238 g/mol. The van der Waals surface area contributed by atoms with Gasteiger partial charge in [-0.1, -0.05) is 54.6 Å². The van der Waals surface area contributed by atoms with Crippen molar-refractivity contribution in [2.75, 3.05) is 0 Å². The van der Waals surface area contributed by atoms with Crippen molar-refractivity contribution in [1.29, 1.82) is 0 Å². The van der Waals surface area contributed by atoms with Gasteiger partial charge in [-0.25, -0.2) is 0 Å². The topological polar surface area (TPSA) is 41.5 Å². The second-order valence-electron chi connectivity index (χ2n) is 3.83. The molecule has 2 rings (SSSR count). The minimum absolute atomic E-state index is 0.641. The molecule has 0 aliphatic carbocycles. The number of nitrogens with one attached hydrogen (secondary N) is 1. The Labute approximate surface area is 106 Å². The molecular weight excluding hydrogens is 224 g/mol. The van der Waals surface area contributed by atoms with E-state index in [1.54, 1.807) is 12.3 Å². The highest BCUT2D eigenvalue weighted by Gasteiger charge is 1.95. The number of rotatable bonds is 5. The van der Waals surface area contributed by atoms with Crippen molar-refractivity contribution in [2.45, 2.75) is 6.54 Å². The fourth-order valence-electron chi connectivity index (χ4n) is 1.58. The molecule has 3 nitrogen and oxygen atoms in total. The third-order valence-electron chi connectivity index (χ3n) is 2.54. The Morgan fingerprint density at radius 3 is 2.33 bits per heavy atom. The van der Waals surface area contributed by atoms with Crippen LogP contribution in [-0.4, -0.2) is 12.5 Å². The van der Waals surface area contributed by atoms with E-state index in [2.05, 4.69) is 10.5 Å². The van der Waals surface area contributed by atoms with E-state index in [9.17, 15) is 4.79 Å². The predicted octanol–water partition coefficient (Wildman–Crippen LogP) is 2.62. The fraction of sp³-hybridized carbons (Fsp3) is 0.0667. The van der Waals surface area contributed by atoms with Gasteiger partial charge in [0, 0.05) is 11.1 Å². The van der Waals surface area contributed by atoms with Gasteiger partial charge < -0.3 is 5.43 Å². The number of carbonyl (C=O) groups excluding carboxylic acids is 1. The van der Waals surface area contributed by atoms with Crippen molar-refractivity contribution in [1.82, 2.24) is 5.43 Å². The molecule has 0 heterocycles. The Bertz CT molecular complexity index is 535. The van der Waals surface area contributed by atoms with E-state index < -0.39 is 0 Å². The molecule has 2 aromatic rings. The van der Waals surface area contributed by atoms with Gasteiger partial charge in [0.1, 0.15) is 0 Å². The molecule has 0 radical (unpaired) electrons. The molecule has 0 atom stereocenters. The summed E-state index contributed by atoms with van der Waals surface area (Å²) < 4.78 is 0. The third-order valence-corrected chi connectivity index (χ3v) is 2.54. The van der Waals surface area contributed by atoms with E-state index in [4.69, 9.17) is 0 Å². The summed E-state index contributed by atoms with van der Waals surface area (Å²) in [6.07, 6.45) is 2.49. The molecule has 0 bridgehead atoms. The number of aldehydes is 1. The van der Waals surface area contributed by atoms with Gasteiger partial charge in [-0.05, 0) is 5.56 Å². The Balaban J connectivity index is 1.94. The molecular formula is C15H14N2O. The van der Waals surface area contributed by atoms with Crippen LogP contribution in [0.4, 0.5) is 0 Å². The minimum Gasteiger partial charge on any atom is -0.306 e. The average molecular weight is 238 g/mol. The summed E-state index contributed by atoms with van der Waals surface area (Å²) >= 11 is 0. The number of nitrogens with zero attached hydrogens (tertiary/aromatic N) is 1. The number of carbonyl (C=O) groups is 1. The Morgan fingerprint density at radius 1 is 0.944 bits per heavy atom. The molecule has 18 heavy (non-hydrogen) atoms. The normalized spacial score (nSPS) is 10.4. The molecule has 0 unspecified atom stereocenters. The molecule has 3 heteroatoms. The molecule has 1 N–H and O–H groups in total. The molecule has 0 fully saturated rings. The van der Waals surface area contributed by atoms with Crippen molar-refractivity contribution < 1.29 is 4.79 Å². The van der Waals surface area contributed by atoms with Crippen molar-refractivity contribution in [3.63, 3.8) is 0 Å². The fourth-order valence-corrected chi connectivity index (χ4v) is 1.58. The average Bonchev–Trinajstić information content (AvgIpc) is 2.45. The van der Waals surface area contributed by atoms with Crippen LogP contribution in [0.3, 0.4) is 0 Å². The molecule has 0 aliphatic heterocycles. The summed E-state index contributed by atoms with van der Waals surface area (Å²) in [6.45, 7) is 0.667. The maximum absolute atomic E-state index is 10.8. The first-order valence-electron chi connectivity index (χ1n) is 5.74. The molecule has 2 aromatic carbocycles. The van der Waals surface area contributed by atoms with E-state index >= 15 is 0 Å². The van der Waals surface area contributed by atoms with Crippen LogP contribution in [0, 0.1) is 0 Å². The van der Waals surface area contributed by atoms with Gasteiger partial charge in [0.25, 0.3) is 0 Å². The summed E-state index contributed by atoms with van der Waals surface area (Å²) in [5.74, 6) is 0. The summed E-state index contributed by atoms with van der Waals surface area (Å²) in [5, 5.41) is 4.11. The van der Waals surface area contributed by atoms with E-state index in [-0.39, 0.29) is 0 Å². The lowest BCUT2D eigenvalue weighted by molar-refractivity contribution is 0.112. The first kappa shape index (κ1) is 12.0. The van der Waals surface area contributed by atoms with Crippen LogP contribution in [0.2, 0.25) is 0 Å². The van der Waals surface area contributed by atoms with Crippen LogP contribution in [0.25, 0.3) is 0 Å². The van der Waals surface area contributed by atoms with Gasteiger partial charge in [0.2, 0.25) is 0 Å². The largest absolute Gasteiger partial charge is 0.306 e. The van der Waals surface area contributed by atoms with Gasteiger partial charge in [-0.15, -0.1) is 0 Å². The molecule has 0 spiro atoms. The first-order chi connectivity index (χ1) is 8.90. The maximum Gasteiger partial charge on any atom is 0.150 e. The first-order valence-corrected chi connectivity index (χ1v) is 5.74. The Kier molecular flexibility index (Phi) is 4.25. The van der Waals surface area contributed by atoms with Gasteiger partial charge in [-0.3, -0.25) is 4.79 Å². The summed E-state index contributed by atoms with van der Waals surface area (Å²) in [5.41, 5.74) is 5.57. The lowest BCUT2D eigenvalue weighted by Gasteiger charge is -2.00. The van der Waals surface area contributed by atoms with Crippen LogP contribution >= 0.6 is 0 Å². The highest BCUT2D eigenvalue weighted by atomic mass is 16.1. The van der Waals surface area contributed by atoms with Gasteiger partial charge in [0.15, 0.2) is 6.29 Å². The third kappa shape index (κ3) is 3.28. The molecule has 0 saturated heterocycles. The van der Waals surface area contributed by atoms with E-state index in [0.717, 1.165) is 11.8 Å². The number of hydrogen-bond acceptors (Lipinski definition) is 3. The van der Waals surface area contributed by atoms with Crippen LogP contribution in [0.5, 0.6) is 0 Å². The van der Waals surface area contributed by atoms with Crippen LogP contribution in [-0.2, 0) is 6.54 Å². The van der Waals surface area contributed by atoms with E-state index in [1.807, 2.05) is 48.5 Å². The zero-order valence-corrected chi connectivity index (χ0v) is 9.91. The summed E-state index contributed by atoms with van der Waals surface area (Å²) in [7, 11) is 0. The second kappa shape index (κ2) is 6.35. The minimum atomic E-state index is 0.641. The van der Waals surface area contributed by atoms with Crippen molar-refractivity contribution in [3.05, 3.63) is 71.3 Å². The van der Waals surface area contributed by atoms with Gasteiger partial charge in [-0.2, -0.15) is 5.10 Å². The lowest BCUT2D eigenvalue weighted by Crippen LogP contribution is -2.05. The second-order valence-corrected chi connectivity index (χ2v) is 3.83. The van der Waals surface area contributed by atoms with Crippen LogP contribution < -0.4 is 5.43 Å². The quantitative estimate of drug-likeness (QED) is 0.494. The number of hydrazone groups is 1. The maximum atomic E-state index is 10.8.